The smallest absolute Gasteiger partial charge is 0.370 e. The van der Waals surface area contributed by atoms with Crippen LogP contribution in [-0.2, 0) is 15.7 Å². The summed E-state index contributed by atoms with van der Waals surface area (Å²) in [4.78, 5) is 22.1. The lowest BCUT2D eigenvalue weighted by molar-refractivity contribution is -0.137. The number of anilines is 1. The topological polar surface area (TPSA) is 78.8 Å². The van der Waals surface area contributed by atoms with Crippen molar-refractivity contribution in [2.75, 3.05) is 38.6 Å². The van der Waals surface area contributed by atoms with E-state index in [1.807, 2.05) is 4.90 Å². The molecule has 1 amide bonds. The SMILES string of the molecule is CN=C(NCC(=O)Nc1cccnc1)N1CCOC(c2cccc(C(F)(F)F)c2)C1.I. The average molecular weight is 549 g/mol. The highest BCUT2D eigenvalue weighted by Gasteiger charge is 2.32. The van der Waals surface area contributed by atoms with E-state index >= 15 is 0 Å². The molecule has 2 aromatic rings. The van der Waals surface area contributed by atoms with E-state index in [1.165, 1.54) is 12.3 Å². The van der Waals surface area contributed by atoms with Crippen LogP contribution >= 0.6 is 24.0 Å². The molecule has 1 unspecified atom stereocenters. The number of carbonyl (C=O) groups excluding carboxylic acids is 1. The maximum Gasteiger partial charge on any atom is 0.416 e. The van der Waals surface area contributed by atoms with Crippen molar-refractivity contribution < 1.29 is 22.7 Å². The normalized spacial score (nSPS) is 17.0. The Bertz CT molecular complexity index is 896. The third kappa shape index (κ3) is 7.06. The summed E-state index contributed by atoms with van der Waals surface area (Å²) < 4.78 is 44.7. The van der Waals surface area contributed by atoms with Crippen LogP contribution in [0, 0.1) is 0 Å². The Morgan fingerprint density at radius 1 is 1.32 bits per heavy atom. The number of morpholine rings is 1. The zero-order chi connectivity index (χ0) is 21.6. The summed E-state index contributed by atoms with van der Waals surface area (Å²) in [6.07, 6.45) is -1.81. The second-order valence-corrected chi connectivity index (χ2v) is 6.62. The van der Waals surface area contributed by atoms with Crippen molar-refractivity contribution in [2.45, 2.75) is 12.3 Å². The Morgan fingerprint density at radius 3 is 2.81 bits per heavy atom. The standard InChI is InChI=1S/C20H22F3N5O2.HI/c1-24-19(26-12-18(29)27-16-6-3-7-25-11-16)28-8-9-30-17(13-28)14-4-2-5-15(10-14)20(21,22)23;/h2-7,10-11,17H,8-9,12-13H2,1H3,(H,24,26)(H,27,29);1H. The van der Waals surface area contributed by atoms with Gasteiger partial charge in [0.2, 0.25) is 5.91 Å². The van der Waals surface area contributed by atoms with Gasteiger partial charge in [0.25, 0.3) is 0 Å². The van der Waals surface area contributed by atoms with Crippen LogP contribution < -0.4 is 10.6 Å². The molecule has 0 saturated carbocycles. The van der Waals surface area contributed by atoms with E-state index < -0.39 is 17.8 Å². The van der Waals surface area contributed by atoms with Gasteiger partial charge in [0.05, 0.1) is 37.1 Å². The average Bonchev–Trinajstić information content (AvgIpc) is 2.75. The molecule has 2 heterocycles. The molecular weight excluding hydrogens is 526 g/mol. The minimum absolute atomic E-state index is 0. The maximum absolute atomic E-state index is 13.0. The van der Waals surface area contributed by atoms with Crippen molar-refractivity contribution in [3.8, 4) is 0 Å². The Morgan fingerprint density at radius 2 is 2.13 bits per heavy atom. The number of carbonyl (C=O) groups is 1. The number of halogens is 4. The number of benzene rings is 1. The van der Waals surface area contributed by atoms with Crippen molar-refractivity contribution in [2.24, 2.45) is 4.99 Å². The molecular formula is C20H23F3IN5O2. The maximum atomic E-state index is 13.0. The Labute approximate surface area is 195 Å². The molecule has 11 heteroatoms. The number of nitrogens with one attached hydrogen (secondary N) is 2. The molecule has 1 aliphatic rings. The van der Waals surface area contributed by atoms with Crippen molar-refractivity contribution in [3.05, 3.63) is 59.9 Å². The largest absolute Gasteiger partial charge is 0.416 e. The van der Waals surface area contributed by atoms with Crippen LogP contribution in [0.25, 0.3) is 0 Å². The minimum atomic E-state index is -4.41. The summed E-state index contributed by atoms with van der Waals surface area (Å²) in [5.41, 5.74) is 0.310. The van der Waals surface area contributed by atoms with Crippen LogP contribution in [0.2, 0.25) is 0 Å². The van der Waals surface area contributed by atoms with E-state index in [0.717, 1.165) is 12.1 Å². The summed E-state index contributed by atoms with van der Waals surface area (Å²) in [7, 11) is 1.58. The Balaban J connectivity index is 0.00000341. The number of rotatable bonds is 4. The van der Waals surface area contributed by atoms with Gasteiger partial charge in [0.1, 0.15) is 6.10 Å². The Hall–Kier alpha value is -2.41. The molecule has 31 heavy (non-hydrogen) atoms. The monoisotopic (exact) mass is 549 g/mol. The number of alkyl halides is 3. The lowest BCUT2D eigenvalue weighted by Gasteiger charge is -2.35. The number of aromatic nitrogens is 1. The highest BCUT2D eigenvalue weighted by atomic mass is 127. The number of amides is 1. The van der Waals surface area contributed by atoms with Crippen LogP contribution in [-0.4, -0.2) is 55.0 Å². The summed E-state index contributed by atoms with van der Waals surface area (Å²) in [5.74, 6) is 0.198. The summed E-state index contributed by atoms with van der Waals surface area (Å²) in [5, 5.41) is 5.69. The van der Waals surface area contributed by atoms with Crippen LogP contribution in [0.1, 0.15) is 17.2 Å². The lowest BCUT2D eigenvalue weighted by atomic mass is 10.0. The van der Waals surface area contributed by atoms with Crippen LogP contribution in [0.15, 0.2) is 53.8 Å². The molecule has 0 radical (unpaired) electrons. The van der Waals surface area contributed by atoms with E-state index in [9.17, 15) is 18.0 Å². The molecule has 1 fully saturated rings. The van der Waals surface area contributed by atoms with E-state index in [2.05, 4.69) is 20.6 Å². The molecule has 2 N–H and O–H groups in total. The fourth-order valence-corrected chi connectivity index (χ4v) is 3.09. The second kappa shape index (κ2) is 11.3. The van der Waals surface area contributed by atoms with E-state index in [0.29, 0.717) is 36.9 Å². The van der Waals surface area contributed by atoms with Crippen molar-refractivity contribution >= 4 is 41.5 Å². The number of pyridine rings is 1. The zero-order valence-corrected chi connectivity index (χ0v) is 19.1. The molecule has 0 bridgehead atoms. The first-order chi connectivity index (χ1) is 14.4. The molecule has 1 saturated heterocycles. The molecule has 1 aromatic carbocycles. The van der Waals surface area contributed by atoms with Crippen molar-refractivity contribution in [1.29, 1.82) is 0 Å². The predicted molar refractivity (Wildman–Crippen MR) is 121 cm³/mol. The first-order valence-electron chi connectivity index (χ1n) is 9.31. The molecule has 0 aliphatic carbocycles. The quantitative estimate of drug-likeness (QED) is 0.348. The fraction of sp³-hybridized carbons (Fsp3) is 0.350. The molecule has 1 aliphatic heterocycles. The van der Waals surface area contributed by atoms with E-state index in [-0.39, 0.29) is 36.4 Å². The van der Waals surface area contributed by atoms with E-state index in [1.54, 1.807) is 31.4 Å². The highest BCUT2D eigenvalue weighted by molar-refractivity contribution is 14.0. The van der Waals surface area contributed by atoms with E-state index in [4.69, 9.17) is 4.74 Å². The van der Waals surface area contributed by atoms with Gasteiger partial charge in [0, 0.05) is 19.8 Å². The molecule has 1 atom stereocenters. The first kappa shape index (κ1) is 24.9. The van der Waals surface area contributed by atoms with Gasteiger partial charge in [0.15, 0.2) is 5.96 Å². The van der Waals surface area contributed by atoms with Gasteiger partial charge < -0.3 is 20.3 Å². The minimum Gasteiger partial charge on any atom is -0.370 e. The Kier molecular flexibility index (Phi) is 9.04. The molecule has 3 rings (SSSR count). The molecule has 168 valence electrons. The lowest BCUT2D eigenvalue weighted by Crippen LogP contribution is -2.49. The number of nitrogens with zero attached hydrogens (tertiary/aromatic N) is 3. The van der Waals surface area contributed by atoms with Crippen molar-refractivity contribution in [1.82, 2.24) is 15.2 Å². The zero-order valence-electron chi connectivity index (χ0n) is 16.7. The number of hydrogen-bond acceptors (Lipinski definition) is 4. The van der Waals surface area contributed by atoms with Gasteiger partial charge in [-0.25, -0.2) is 0 Å². The number of hydrogen-bond donors (Lipinski definition) is 2. The predicted octanol–water partition coefficient (Wildman–Crippen LogP) is 3.31. The van der Waals surface area contributed by atoms with Gasteiger partial charge >= 0.3 is 6.18 Å². The van der Waals surface area contributed by atoms with Gasteiger partial charge in [-0.05, 0) is 29.8 Å². The molecule has 7 nitrogen and oxygen atoms in total. The third-order valence-electron chi connectivity index (χ3n) is 4.52. The van der Waals surface area contributed by atoms with Gasteiger partial charge in [-0.3, -0.25) is 14.8 Å². The second-order valence-electron chi connectivity index (χ2n) is 6.62. The summed E-state index contributed by atoms with van der Waals surface area (Å²) in [6, 6.07) is 8.55. The molecule has 1 aromatic heterocycles. The molecule has 0 spiro atoms. The van der Waals surface area contributed by atoms with Gasteiger partial charge in [-0.15, -0.1) is 24.0 Å². The van der Waals surface area contributed by atoms with Crippen LogP contribution in [0.4, 0.5) is 18.9 Å². The van der Waals surface area contributed by atoms with Gasteiger partial charge in [-0.1, -0.05) is 12.1 Å². The fourth-order valence-electron chi connectivity index (χ4n) is 3.09. The van der Waals surface area contributed by atoms with Gasteiger partial charge in [-0.2, -0.15) is 13.2 Å². The summed E-state index contributed by atoms with van der Waals surface area (Å²) in [6.45, 7) is 1.11. The number of guanidine groups is 1. The van der Waals surface area contributed by atoms with Crippen LogP contribution in [0.3, 0.4) is 0 Å². The first-order valence-corrected chi connectivity index (χ1v) is 9.31. The number of aliphatic imine (C=N–C) groups is 1. The third-order valence-corrected chi connectivity index (χ3v) is 4.52. The highest BCUT2D eigenvalue weighted by Crippen LogP contribution is 2.32. The summed E-state index contributed by atoms with van der Waals surface area (Å²) >= 11 is 0. The number of ether oxygens (including phenoxy) is 1. The van der Waals surface area contributed by atoms with Crippen LogP contribution in [0.5, 0.6) is 0 Å². The van der Waals surface area contributed by atoms with Crippen molar-refractivity contribution in [3.63, 3.8) is 0 Å².